The predicted octanol–water partition coefficient (Wildman–Crippen LogP) is 3.91. The Morgan fingerprint density at radius 1 is 1.43 bits per heavy atom. The van der Waals surface area contributed by atoms with E-state index in [9.17, 15) is 4.39 Å². The molecule has 0 aliphatic carbocycles. The van der Waals surface area contributed by atoms with Crippen LogP contribution in [-0.4, -0.2) is 4.98 Å². The summed E-state index contributed by atoms with van der Waals surface area (Å²) in [5.74, 6) is -0.258. The standard InChI is InChI=1S/C10H7ClFNS/c1-6-9(11)14-10(13-6)7-3-2-4-8(12)5-7/h2-5H,1H3. The zero-order valence-corrected chi connectivity index (χ0v) is 8.99. The number of benzene rings is 1. The molecule has 1 aromatic carbocycles. The molecule has 0 aliphatic rings. The lowest BCUT2D eigenvalue weighted by atomic mass is 10.2. The zero-order valence-electron chi connectivity index (χ0n) is 7.42. The Morgan fingerprint density at radius 3 is 2.79 bits per heavy atom. The first-order valence-corrected chi connectivity index (χ1v) is 5.25. The quantitative estimate of drug-likeness (QED) is 0.720. The average molecular weight is 228 g/mol. The third-order valence-corrected chi connectivity index (χ3v) is 3.31. The molecule has 14 heavy (non-hydrogen) atoms. The average Bonchev–Trinajstić information content (AvgIpc) is 2.47. The molecule has 0 saturated heterocycles. The zero-order chi connectivity index (χ0) is 10.1. The molecule has 0 bridgehead atoms. The van der Waals surface area contributed by atoms with Crippen LogP contribution in [0.4, 0.5) is 4.39 Å². The minimum Gasteiger partial charge on any atom is -0.240 e. The SMILES string of the molecule is Cc1nc(-c2cccc(F)c2)sc1Cl. The van der Waals surface area contributed by atoms with Crippen LogP contribution >= 0.6 is 22.9 Å². The van der Waals surface area contributed by atoms with Crippen LogP contribution in [0.15, 0.2) is 24.3 Å². The molecular formula is C10H7ClFNS. The molecule has 4 heteroatoms. The van der Waals surface area contributed by atoms with Crippen molar-refractivity contribution < 1.29 is 4.39 Å². The fourth-order valence-corrected chi connectivity index (χ4v) is 2.17. The van der Waals surface area contributed by atoms with Gasteiger partial charge in [0, 0.05) is 5.56 Å². The molecule has 0 saturated carbocycles. The van der Waals surface area contributed by atoms with Crippen molar-refractivity contribution in [2.75, 3.05) is 0 Å². The molecular weight excluding hydrogens is 221 g/mol. The van der Waals surface area contributed by atoms with E-state index >= 15 is 0 Å². The highest BCUT2D eigenvalue weighted by Gasteiger charge is 2.07. The number of hydrogen-bond donors (Lipinski definition) is 0. The lowest BCUT2D eigenvalue weighted by Gasteiger charge is -1.94. The van der Waals surface area contributed by atoms with E-state index in [1.807, 2.05) is 13.0 Å². The van der Waals surface area contributed by atoms with Crippen molar-refractivity contribution in [3.63, 3.8) is 0 Å². The van der Waals surface area contributed by atoms with Crippen LogP contribution in [0.2, 0.25) is 4.34 Å². The predicted molar refractivity (Wildman–Crippen MR) is 57.3 cm³/mol. The minimum absolute atomic E-state index is 0.258. The maximum Gasteiger partial charge on any atom is 0.125 e. The van der Waals surface area contributed by atoms with Crippen molar-refractivity contribution in [1.29, 1.82) is 0 Å². The fraction of sp³-hybridized carbons (Fsp3) is 0.100. The van der Waals surface area contributed by atoms with Crippen molar-refractivity contribution in [1.82, 2.24) is 4.98 Å². The van der Waals surface area contributed by atoms with Crippen molar-refractivity contribution in [2.24, 2.45) is 0 Å². The van der Waals surface area contributed by atoms with E-state index in [0.29, 0.717) is 4.34 Å². The number of aryl methyl sites for hydroxylation is 1. The summed E-state index contributed by atoms with van der Waals surface area (Å²) in [6, 6.07) is 6.34. The van der Waals surface area contributed by atoms with Crippen molar-refractivity contribution in [3.05, 3.63) is 40.1 Å². The Bertz CT molecular complexity index is 447. The molecule has 0 atom stereocenters. The van der Waals surface area contributed by atoms with Gasteiger partial charge in [-0.25, -0.2) is 9.37 Å². The molecule has 0 spiro atoms. The molecule has 0 aliphatic heterocycles. The van der Waals surface area contributed by atoms with Crippen molar-refractivity contribution in [3.8, 4) is 10.6 Å². The van der Waals surface area contributed by atoms with Gasteiger partial charge in [-0.15, -0.1) is 11.3 Å². The Hall–Kier alpha value is -0.930. The van der Waals surface area contributed by atoms with Crippen LogP contribution in [-0.2, 0) is 0 Å². The summed E-state index contributed by atoms with van der Waals surface area (Å²) in [6.07, 6.45) is 0. The van der Waals surface area contributed by atoms with Gasteiger partial charge in [-0.05, 0) is 19.1 Å². The molecule has 72 valence electrons. The maximum atomic E-state index is 12.9. The van der Waals surface area contributed by atoms with Gasteiger partial charge >= 0.3 is 0 Å². The molecule has 2 rings (SSSR count). The van der Waals surface area contributed by atoms with E-state index in [1.165, 1.54) is 23.5 Å². The first kappa shape index (κ1) is 9.62. The summed E-state index contributed by atoms with van der Waals surface area (Å²) >= 11 is 7.25. The Balaban J connectivity index is 2.49. The van der Waals surface area contributed by atoms with Gasteiger partial charge in [0.1, 0.15) is 15.2 Å². The fourth-order valence-electron chi connectivity index (χ4n) is 1.12. The molecule has 1 aromatic heterocycles. The topological polar surface area (TPSA) is 12.9 Å². The summed E-state index contributed by atoms with van der Waals surface area (Å²) < 4.78 is 13.6. The molecule has 0 amide bonds. The lowest BCUT2D eigenvalue weighted by Crippen LogP contribution is -1.78. The number of thiazole rings is 1. The summed E-state index contributed by atoms with van der Waals surface area (Å²) in [5, 5.41) is 0.756. The number of aromatic nitrogens is 1. The molecule has 0 radical (unpaired) electrons. The number of halogens is 2. The lowest BCUT2D eigenvalue weighted by molar-refractivity contribution is 0.628. The van der Waals surface area contributed by atoms with E-state index < -0.39 is 0 Å². The number of nitrogens with zero attached hydrogens (tertiary/aromatic N) is 1. The van der Waals surface area contributed by atoms with Gasteiger partial charge in [0.2, 0.25) is 0 Å². The monoisotopic (exact) mass is 227 g/mol. The van der Waals surface area contributed by atoms with E-state index in [-0.39, 0.29) is 5.82 Å². The molecule has 1 heterocycles. The third kappa shape index (κ3) is 1.79. The largest absolute Gasteiger partial charge is 0.240 e. The van der Waals surface area contributed by atoms with Crippen molar-refractivity contribution >= 4 is 22.9 Å². The van der Waals surface area contributed by atoms with Gasteiger partial charge in [0.05, 0.1) is 5.69 Å². The van der Waals surface area contributed by atoms with Crippen LogP contribution in [0.25, 0.3) is 10.6 Å². The van der Waals surface area contributed by atoms with E-state index in [2.05, 4.69) is 4.98 Å². The molecule has 0 fully saturated rings. The first-order chi connectivity index (χ1) is 6.66. The number of hydrogen-bond acceptors (Lipinski definition) is 2. The van der Waals surface area contributed by atoms with Crippen LogP contribution in [0.5, 0.6) is 0 Å². The first-order valence-electron chi connectivity index (χ1n) is 4.05. The van der Waals surface area contributed by atoms with Crippen molar-refractivity contribution in [2.45, 2.75) is 6.92 Å². The molecule has 0 unspecified atom stereocenters. The second kappa shape index (κ2) is 3.67. The van der Waals surface area contributed by atoms with Gasteiger partial charge in [-0.2, -0.15) is 0 Å². The summed E-state index contributed by atoms with van der Waals surface area (Å²) in [7, 11) is 0. The molecule has 1 nitrogen and oxygen atoms in total. The summed E-state index contributed by atoms with van der Waals surface area (Å²) in [4.78, 5) is 4.24. The van der Waals surface area contributed by atoms with Gasteiger partial charge in [-0.3, -0.25) is 0 Å². The van der Waals surface area contributed by atoms with Gasteiger partial charge in [0.15, 0.2) is 0 Å². The van der Waals surface area contributed by atoms with E-state index in [0.717, 1.165) is 16.3 Å². The second-order valence-electron chi connectivity index (χ2n) is 2.89. The highest BCUT2D eigenvalue weighted by Crippen LogP contribution is 2.31. The highest BCUT2D eigenvalue weighted by atomic mass is 35.5. The van der Waals surface area contributed by atoms with E-state index in [4.69, 9.17) is 11.6 Å². The second-order valence-corrected chi connectivity index (χ2v) is 4.49. The van der Waals surface area contributed by atoms with Crippen LogP contribution in [0.1, 0.15) is 5.69 Å². The summed E-state index contributed by atoms with van der Waals surface area (Å²) in [6.45, 7) is 1.83. The minimum atomic E-state index is -0.258. The third-order valence-electron chi connectivity index (χ3n) is 1.81. The van der Waals surface area contributed by atoms with Crippen LogP contribution in [0, 0.1) is 12.7 Å². The number of rotatable bonds is 1. The Labute approximate surface area is 90.2 Å². The Morgan fingerprint density at radius 2 is 2.21 bits per heavy atom. The molecule has 0 N–H and O–H groups in total. The van der Waals surface area contributed by atoms with Gasteiger partial charge < -0.3 is 0 Å². The van der Waals surface area contributed by atoms with Gasteiger partial charge in [0.25, 0.3) is 0 Å². The Kier molecular flexibility index (Phi) is 2.52. The van der Waals surface area contributed by atoms with Crippen LogP contribution < -0.4 is 0 Å². The van der Waals surface area contributed by atoms with Crippen LogP contribution in [0.3, 0.4) is 0 Å². The molecule has 2 aromatic rings. The smallest absolute Gasteiger partial charge is 0.125 e. The maximum absolute atomic E-state index is 12.9. The summed E-state index contributed by atoms with van der Waals surface area (Å²) in [5.41, 5.74) is 1.56. The van der Waals surface area contributed by atoms with Gasteiger partial charge in [-0.1, -0.05) is 23.7 Å². The highest BCUT2D eigenvalue weighted by molar-refractivity contribution is 7.19. The van der Waals surface area contributed by atoms with E-state index in [1.54, 1.807) is 6.07 Å². The normalized spacial score (nSPS) is 10.5.